The Kier molecular flexibility index (Phi) is 4.56. The lowest BCUT2D eigenvalue weighted by Gasteiger charge is -2.26. The third-order valence-electron chi connectivity index (χ3n) is 4.63. The number of hydrogen-bond acceptors (Lipinski definition) is 3. The molecule has 29 heavy (non-hydrogen) atoms. The van der Waals surface area contributed by atoms with Gasteiger partial charge in [0.1, 0.15) is 11.4 Å². The molecule has 1 aliphatic heterocycles. The normalized spacial score (nSPS) is 15.8. The van der Waals surface area contributed by atoms with Crippen LogP contribution in [0.4, 0.5) is 14.9 Å². The van der Waals surface area contributed by atoms with E-state index < -0.39 is 23.7 Å². The Morgan fingerprint density at radius 1 is 1.03 bits per heavy atom. The van der Waals surface area contributed by atoms with Gasteiger partial charge in [0.2, 0.25) is 0 Å². The zero-order valence-corrected chi connectivity index (χ0v) is 15.3. The summed E-state index contributed by atoms with van der Waals surface area (Å²) in [6, 6.07) is 11.6. The van der Waals surface area contributed by atoms with Crippen LogP contribution in [0.25, 0.3) is 17.0 Å². The van der Waals surface area contributed by atoms with Crippen LogP contribution in [0.2, 0.25) is 0 Å². The first-order valence-corrected chi connectivity index (χ1v) is 8.85. The molecule has 0 bridgehead atoms. The van der Waals surface area contributed by atoms with Crippen molar-refractivity contribution in [2.75, 3.05) is 4.90 Å². The second kappa shape index (κ2) is 7.20. The number of rotatable bonds is 4. The summed E-state index contributed by atoms with van der Waals surface area (Å²) in [4.78, 5) is 38.4. The summed E-state index contributed by atoms with van der Waals surface area (Å²) < 4.78 is 15.2. The summed E-state index contributed by atoms with van der Waals surface area (Å²) in [5.74, 6) is -2.05. The molecule has 0 aliphatic carbocycles. The lowest BCUT2D eigenvalue weighted by atomic mass is 10.1. The summed E-state index contributed by atoms with van der Waals surface area (Å²) in [6.07, 6.45) is 5.03. The van der Waals surface area contributed by atoms with Crippen LogP contribution >= 0.6 is 0 Å². The van der Waals surface area contributed by atoms with E-state index in [0.29, 0.717) is 12.1 Å². The van der Waals surface area contributed by atoms with E-state index in [4.69, 9.17) is 0 Å². The van der Waals surface area contributed by atoms with Crippen LogP contribution in [0.3, 0.4) is 0 Å². The number of allylic oxidation sites excluding steroid dienone is 1. The number of amides is 4. The number of benzene rings is 2. The van der Waals surface area contributed by atoms with Gasteiger partial charge in [0.05, 0.1) is 5.69 Å². The zero-order valence-electron chi connectivity index (χ0n) is 15.3. The van der Waals surface area contributed by atoms with Crippen LogP contribution in [-0.2, 0) is 16.1 Å². The molecular formula is C22H16FN3O3. The molecule has 4 rings (SSSR count). The van der Waals surface area contributed by atoms with Crippen molar-refractivity contribution in [1.29, 1.82) is 0 Å². The molecule has 7 heteroatoms. The van der Waals surface area contributed by atoms with Gasteiger partial charge in [-0.25, -0.2) is 14.1 Å². The summed E-state index contributed by atoms with van der Waals surface area (Å²) in [6.45, 7) is 4.30. The molecule has 0 saturated carbocycles. The Morgan fingerprint density at radius 3 is 2.48 bits per heavy atom. The van der Waals surface area contributed by atoms with E-state index in [1.807, 2.05) is 35.0 Å². The van der Waals surface area contributed by atoms with Gasteiger partial charge in [0, 0.05) is 29.2 Å². The van der Waals surface area contributed by atoms with Gasteiger partial charge < -0.3 is 4.57 Å². The SMILES string of the molecule is C=CCn1cc(/C=C2/C(=O)NC(=O)N(c3ccc(F)cc3)C2=O)c2ccccc21. The van der Waals surface area contributed by atoms with Crippen molar-refractivity contribution in [3.8, 4) is 0 Å². The average Bonchev–Trinajstić information content (AvgIpc) is 3.04. The standard InChI is InChI=1S/C22H16FN3O3/c1-2-11-25-13-14(17-5-3-4-6-19(17)25)12-18-20(27)24-22(29)26(21(18)28)16-9-7-15(23)8-10-16/h2-10,12-13H,1,11H2,(H,24,27,29)/b18-12-. The van der Waals surface area contributed by atoms with Gasteiger partial charge in [-0.1, -0.05) is 24.3 Å². The van der Waals surface area contributed by atoms with Crippen LogP contribution in [-0.4, -0.2) is 22.4 Å². The smallest absolute Gasteiger partial charge is 0.335 e. The molecule has 0 radical (unpaired) electrons. The van der Waals surface area contributed by atoms with E-state index in [0.717, 1.165) is 27.9 Å². The Labute approximate surface area is 165 Å². The van der Waals surface area contributed by atoms with Crippen molar-refractivity contribution in [3.63, 3.8) is 0 Å². The molecule has 6 nitrogen and oxygen atoms in total. The molecule has 1 N–H and O–H groups in total. The fourth-order valence-corrected chi connectivity index (χ4v) is 3.32. The highest BCUT2D eigenvalue weighted by Crippen LogP contribution is 2.26. The lowest BCUT2D eigenvalue weighted by molar-refractivity contribution is -0.122. The lowest BCUT2D eigenvalue weighted by Crippen LogP contribution is -2.54. The van der Waals surface area contributed by atoms with Crippen molar-refractivity contribution in [3.05, 3.63) is 84.3 Å². The number of barbiturate groups is 1. The molecule has 1 aromatic heterocycles. The van der Waals surface area contributed by atoms with E-state index in [1.165, 1.54) is 18.2 Å². The number of carbonyl (C=O) groups excluding carboxylic acids is 3. The number of fused-ring (bicyclic) bond motifs is 1. The molecule has 0 spiro atoms. The van der Waals surface area contributed by atoms with Crippen LogP contribution in [0.1, 0.15) is 5.56 Å². The number of nitrogens with one attached hydrogen (secondary N) is 1. The first kappa shape index (κ1) is 18.4. The number of carbonyl (C=O) groups is 3. The molecule has 3 aromatic rings. The first-order valence-electron chi connectivity index (χ1n) is 8.85. The molecule has 0 unspecified atom stereocenters. The quantitative estimate of drug-likeness (QED) is 0.421. The van der Waals surface area contributed by atoms with Gasteiger partial charge in [-0.05, 0) is 36.4 Å². The minimum absolute atomic E-state index is 0.168. The molecular weight excluding hydrogens is 373 g/mol. The van der Waals surface area contributed by atoms with E-state index in [2.05, 4.69) is 11.9 Å². The highest BCUT2D eigenvalue weighted by atomic mass is 19.1. The predicted octanol–water partition coefficient (Wildman–Crippen LogP) is 3.63. The van der Waals surface area contributed by atoms with Crippen LogP contribution in [0, 0.1) is 5.82 Å². The number of aromatic nitrogens is 1. The summed E-state index contributed by atoms with van der Waals surface area (Å²) in [7, 11) is 0. The number of hydrogen-bond donors (Lipinski definition) is 1. The Bertz CT molecular complexity index is 1190. The number of imide groups is 2. The molecule has 144 valence electrons. The van der Waals surface area contributed by atoms with Crippen molar-refractivity contribution in [2.24, 2.45) is 0 Å². The number of halogens is 1. The summed E-state index contributed by atoms with van der Waals surface area (Å²) >= 11 is 0. The van der Waals surface area contributed by atoms with Crippen molar-refractivity contribution >= 4 is 40.5 Å². The summed E-state index contributed by atoms with van der Waals surface area (Å²) in [5.41, 5.74) is 1.57. The highest BCUT2D eigenvalue weighted by molar-refractivity contribution is 6.39. The number of anilines is 1. The minimum Gasteiger partial charge on any atom is -0.343 e. The average molecular weight is 389 g/mol. The fourth-order valence-electron chi connectivity index (χ4n) is 3.32. The van der Waals surface area contributed by atoms with Crippen molar-refractivity contribution in [2.45, 2.75) is 6.54 Å². The molecule has 1 fully saturated rings. The minimum atomic E-state index is -0.877. The third kappa shape index (κ3) is 3.23. The van der Waals surface area contributed by atoms with Gasteiger partial charge in [0.15, 0.2) is 0 Å². The predicted molar refractivity (Wildman–Crippen MR) is 108 cm³/mol. The molecule has 2 aromatic carbocycles. The fraction of sp³-hybridized carbons (Fsp3) is 0.0455. The van der Waals surface area contributed by atoms with E-state index in [9.17, 15) is 18.8 Å². The number of urea groups is 1. The first-order chi connectivity index (χ1) is 14.0. The van der Waals surface area contributed by atoms with Gasteiger partial charge in [-0.3, -0.25) is 14.9 Å². The number of para-hydroxylation sites is 1. The highest BCUT2D eigenvalue weighted by Gasteiger charge is 2.37. The van der Waals surface area contributed by atoms with Crippen molar-refractivity contribution in [1.82, 2.24) is 9.88 Å². The maximum absolute atomic E-state index is 13.2. The monoisotopic (exact) mass is 389 g/mol. The molecule has 2 heterocycles. The van der Waals surface area contributed by atoms with Crippen molar-refractivity contribution < 1.29 is 18.8 Å². The Hall–Kier alpha value is -4.00. The van der Waals surface area contributed by atoms with E-state index in [1.54, 1.807) is 6.08 Å². The van der Waals surface area contributed by atoms with E-state index >= 15 is 0 Å². The topological polar surface area (TPSA) is 71.4 Å². The molecule has 1 saturated heterocycles. The van der Waals surface area contributed by atoms with Gasteiger partial charge in [-0.15, -0.1) is 6.58 Å². The van der Waals surface area contributed by atoms with Gasteiger partial charge in [0.25, 0.3) is 11.8 Å². The maximum Gasteiger partial charge on any atom is 0.335 e. The molecule has 0 atom stereocenters. The Morgan fingerprint density at radius 2 is 1.76 bits per heavy atom. The largest absolute Gasteiger partial charge is 0.343 e. The zero-order chi connectivity index (χ0) is 20.5. The number of nitrogens with zero attached hydrogens (tertiary/aromatic N) is 2. The Balaban J connectivity index is 1.80. The van der Waals surface area contributed by atoms with Crippen LogP contribution < -0.4 is 10.2 Å². The van der Waals surface area contributed by atoms with Crippen LogP contribution in [0.15, 0.2) is 73.0 Å². The van der Waals surface area contributed by atoms with Crippen LogP contribution in [0.5, 0.6) is 0 Å². The second-order valence-electron chi connectivity index (χ2n) is 6.48. The third-order valence-corrected chi connectivity index (χ3v) is 4.63. The molecule has 1 aliphatic rings. The molecule has 4 amide bonds. The maximum atomic E-state index is 13.2. The van der Waals surface area contributed by atoms with Gasteiger partial charge >= 0.3 is 6.03 Å². The second-order valence-corrected chi connectivity index (χ2v) is 6.48. The van der Waals surface area contributed by atoms with E-state index in [-0.39, 0.29) is 11.3 Å². The van der Waals surface area contributed by atoms with Gasteiger partial charge in [-0.2, -0.15) is 0 Å². The summed E-state index contributed by atoms with van der Waals surface area (Å²) in [5, 5.41) is 3.02.